The Balaban J connectivity index is 0. The van der Waals surface area contributed by atoms with Gasteiger partial charge in [-0.2, -0.15) is 13.5 Å². The molecule has 0 amide bonds. The first-order valence-electron chi connectivity index (χ1n) is 5.70. The van der Waals surface area contributed by atoms with E-state index >= 15 is 0 Å². The number of nitrogens with zero attached hydrogens (tertiary/aromatic N) is 1. The average molecular weight is 268 g/mol. The molecule has 0 aliphatic rings. The van der Waals surface area contributed by atoms with Crippen molar-refractivity contribution in [2.45, 2.75) is 52.4 Å². The van der Waals surface area contributed by atoms with E-state index in [0.717, 1.165) is 17.4 Å². The van der Waals surface area contributed by atoms with E-state index in [1.807, 2.05) is 0 Å². The van der Waals surface area contributed by atoms with E-state index in [0.29, 0.717) is 0 Å². The molecule has 0 aromatic heterocycles. The molecule has 0 saturated heterocycles. The van der Waals surface area contributed by atoms with Crippen LogP contribution in [0, 0.1) is 0 Å². The third kappa shape index (κ3) is 10.9. The molecule has 0 spiro atoms. The number of thiol groups is 1. The highest BCUT2D eigenvalue weighted by Gasteiger charge is 2.04. The number of thiocarbonyl (C=S) groups is 1. The van der Waals surface area contributed by atoms with Crippen molar-refractivity contribution in [1.82, 2.24) is 4.90 Å². The lowest BCUT2D eigenvalue weighted by Crippen LogP contribution is -2.28. The summed E-state index contributed by atoms with van der Waals surface area (Å²) >= 11 is 9.36. The van der Waals surface area contributed by atoms with Gasteiger partial charge in [-0.25, -0.2) is 0 Å². The summed E-state index contributed by atoms with van der Waals surface area (Å²) in [6.45, 7) is 6.61. The zero-order chi connectivity index (χ0) is 10.8. The quantitative estimate of drug-likeness (QED) is 0.402. The molecule has 0 atom stereocenters. The second-order valence-electron chi connectivity index (χ2n) is 3.68. The third-order valence-electron chi connectivity index (χ3n) is 2.33. The first-order valence-corrected chi connectivity index (χ1v) is 6.55. The Hall–Kier alpha value is 0.590. The summed E-state index contributed by atoms with van der Waals surface area (Å²) in [6.07, 6.45) is 7.60. The Morgan fingerprint density at radius 3 is 1.67 bits per heavy atom. The monoisotopic (exact) mass is 267 g/mol. The van der Waals surface area contributed by atoms with Gasteiger partial charge in [0.2, 0.25) is 0 Å². The molecule has 1 nitrogen and oxygen atoms in total. The maximum atomic E-state index is 5.11. The van der Waals surface area contributed by atoms with Gasteiger partial charge in [-0.3, -0.25) is 0 Å². The van der Waals surface area contributed by atoms with Crippen LogP contribution in [0.15, 0.2) is 0 Å². The summed E-state index contributed by atoms with van der Waals surface area (Å²) in [5.74, 6) is 0. The van der Waals surface area contributed by atoms with Crippen molar-refractivity contribution < 1.29 is 0 Å². The molecule has 0 aromatic rings. The number of unbranched alkanes of at least 4 members (excludes halogenated alkanes) is 4. The predicted molar refractivity (Wildman–Crippen MR) is 82.6 cm³/mol. The van der Waals surface area contributed by atoms with Crippen molar-refractivity contribution >= 4 is 42.7 Å². The van der Waals surface area contributed by atoms with Crippen LogP contribution < -0.4 is 0 Å². The van der Waals surface area contributed by atoms with Gasteiger partial charge in [0, 0.05) is 13.1 Å². The van der Waals surface area contributed by atoms with Crippen LogP contribution in [0.5, 0.6) is 0 Å². The summed E-state index contributed by atoms with van der Waals surface area (Å²) in [6, 6.07) is 0. The second-order valence-corrected chi connectivity index (χ2v) is 4.80. The maximum Gasteiger partial charge on any atom is 0.133 e. The summed E-state index contributed by atoms with van der Waals surface area (Å²) in [5, 5.41) is 0. The Bertz CT molecular complexity index is 141. The van der Waals surface area contributed by atoms with E-state index in [1.54, 1.807) is 0 Å². The van der Waals surface area contributed by atoms with Crippen molar-refractivity contribution in [2.24, 2.45) is 0 Å². The summed E-state index contributed by atoms with van der Waals surface area (Å²) < 4.78 is 0.761. The number of hydrogen-bond donors (Lipinski definition) is 1. The SMILES string of the molecule is CCCCCN(CCCCC)C(=S)S.S. The van der Waals surface area contributed by atoms with Gasteiger partial charge in [0.05, 0.1) is 0 Å². The molecule has 0 N–H and O–H groups in total. The van der Waals surface area contributed by atoms with Gasteiger partial charge in [-0.1, -0.05) is 51.7 Å². The molecule has 0 bridgehead atoms. The van der Waals surface area contributed by atoms with Crippen LogP contribution >= 0.6 is 38.3 Å². The zero-order valence-electron chi connectivity index (χ0n) is 9.96. The molecular formula is C11H25NS3. The molecule has 0 saturated carbocycles. The van der Waals surface area contributed by atoms with Gasteiger partial charge in [0.15, 0.2) is 0 Å². The van der Waals surface area contributed by atoms with Crippen LogP contribution in [-0.4, -0.2) is 22.3 Å². The van der Waals surface area contributed by atoms with E-state index in [9.17, 15) is 0 Å². The smallest absolute Gasteiger partial charge is 0.133 e. The molecular weight excluding hydrogens is 242 g/mol. The van der Waals surface area contributed by atoms with Crippen LogP contribution in [0.2, 0.25) is 0 Å². The first kappa shape index (κ1) is 18.0. The number of rotatable bonds is 8. The Kier molecular flexibility index (Phi) is 15.2. The fourth-order valence-electron chi connectivity index (χ4n) is 1.41. The summed E-state index contributed by atoms with van der Waals surface area (Å²) in [5.41, 5.74) is 0. The average Bonchev–Trinajstić information content (AvgIpc) is 2.15. The fourth-order valence-corrected chi connectivity index (χ4v) is 1.79. The Morgan fingerprint density at radius 1 is 1.00 bits per heavy atom. The summed E-state index contributed by atoms with van der Waals surface area (Å²) in [4.78, 5) is 2.23. The van der Waals surface area contributed by atoms with Crippen LogP contribution in [-0.2, 0) is 0 Å². The van der Waals surface area contributed by atoms with Crippen LogP contribution in [0.1, 0.15) is 52.4 Å². The molecule has 0 radical (unpaired) electrons. The van der Waals surface area contributed by atoms with E-state index in [4.69, 9.17) is 12.2 Å². The Labute approximate surface area is 113 Å². The van der Waals surface area contributed by atoms with Crippen molar-refractivity contribution in [3.8, 4) is 0 Å². The van der Waals surface area contributed by atoms with Gasteiger partial charge in [-0.15, -0.1) is 12.6 Å². The molecule has 0 heterocycles. The molecule has 0 aromatic carbocycles. The molecule has 92 valence electrons. The van der Waals surface area contributed by atoms with E-state index in [-0.39, 0.29) is 13.5 Å². The predicted octanol–water partition coefficient (Wildman–Crippen LogP) is 4.00. The van der Waals surface area contributed by atoms with Crippen LogP contribution in [0.4, 0.5) is 0 Å². The summed E-state index contributed by atoms with van der Waals surface area (Å²) in [7, 11) is 0. The van der Waals surface area contributed by atoms with E-state index < -0.39 is 0 Å². The van der Waals surface area contributed by atoms with Crippen molar-refractivity contribution in [3.05, 3.63) is 0 Å². The Morgan fingerprint density at radius 2 is 1.40 bits per heavy atom. The molecule has 4 heteroatoms. The fraction of sp³-hybridized carbons (Fsp3) is 0.909. The molecule has 0 rings (SSSR count). The molecule has 0 unspecified atom stereocenters. The highest BCUT2D eigenvalue weighted by molar-refractivity contribution is 8.10. The highest BCUT2D eigenvalue weighted by Crippen LogP contribution is 2.05. The van der Waals surface area contributed by atoms with E-state index in [2.05, 4.69) is 31.4 Å². The zero-order valence-corrected chi connectivity index (χ0v) is 12.7. The maximum absolute atomic E-state index is 5.11. The van der Waals surface area contributed by atoms with Crippen molar-refractivity contribution in [3.63, 3.8) is 0 Å². The first-order chi connectivity index (χ1) is 6.72. The lowest BCUT2D eigenvalue weighted by atomic mass is 10.2. The van der Waals surface area contributed by atoms with Gasteiger partial charge in [0.25, 0.3) is 0 Å². The lowest BCUT2D eigenvalue weighted by molar-refractivity contribution is 0.402. The van der Waals surface area contributed by atoms with Gasteiger partial charge < -0.3 is 4.90 Å². The topological polar surface area (TPSA) is 3.24 Å². The second kappa shape index (κ2) is 12.7. The van der Waals surface area contributed by atoms with Crippen LogP contribution in [0.3, 0.4) is 0 Å². The minimum absolute atomic E-state index is 0. The lowest BCUT2D eigenvalue weighted by Gasteiger charge is -2.22. The van der Waals surface area contributed by atoms with Gasteiger partial charge in [-0.05, 0) is 12.8 Å². The van der Waals surface area contributed by atoms with Gasteiger partial charge >= 0.3 is 0 Å². The van der Waals surface area contributed by atoms with Crippen LogP contribution in [0.25, 0.3) is 0 Å². The molecule has 0 aliphatic carbocycles. The molecule has 15 heavy (non-hydrogen) atoms. The standard InChI is InChI=1S/C11H23NS2.H2S/c1-3-5-7-9-12(11(13)14)10-8-6-4-2;/h3-10H2,1-2H3,(H,13,14);1H2. The number of hydrogen-bond acceptors (Lipinski definition) is 1. The van der Waals surface area contributed by atoms with E-state index in [1.165, 1.54) is 38.5 Å². The molecule has 0 aliphatic heterocycles. The van der Waals surface area contributed by atoms with Crippen molar-refractivity contribution in [2.75, 3.05) is 13.1 Å². The normalized spacial score (nSPS) is 9.53. The third-order valence-corrected chi connectivity index (χ3v) is 2.87. The highest BCUT2D eigenvalue weighted by atomic mass is 32.1. The van der Waals surface area contributed by atoms with Crippen molar-refractivity contribution in [1.29, 1.82) is 0 Å². The minimum atomic E-state index is 0. The molecule has 0 fully saturated rings. The van der Waals surface area contributed by atoms with Gasteiger partial charge in [0.1, 0.15) is 4.32 Å². The largest absolute Gasteiger partial charge is 0.358 e. The minimum Gasteiger partial charge on any atom is -0.358 e.